The minimum absolute atomic E-state index is 0.0620. The number of likely N-dealkylation sites (tertiary alicyclic amines) is 1. The van der Waals surface area contributed by atoms with Crippen LogP contribution < -0.4 is 5.32 Å². The van der Waals surface area contributed by atoms with Crippen LogP contribution in [0, 0.1) is 0 Å². The standard InChI is InChI=1S/C13H22N2O3/c1-2-8-14-10-12(16)15-9-4-3-5-11(15)6-7-13(17)18/h2,11,14H,1,3-10H2,(H,17,18). The number of piperidine rings is 1. The number of rotatable bonds is 7. The van der Waals surface area contributed by atoms with E-state index in [1.54, 1.807) is 6.08 Å². The lowest BCUT2D eigenvalue weighted by molar-refractivity contribution is -0.139. The van der Waals surface area contributed by atoms with Gasteiger partial charge in [0.1, 0.15) is 0 Å². The van der Waals surface area contributed by atoms with E-state index in [0.717, 1.165) is 25.8 Å². The van der Waals surface area contributed by atoms with Crippen LogP contribution in [0.4, 0.5) is 0 Å². The molecule has 1 rings (SSSR count). The van der Waals surface area contributed by atoms with Crippen LogP contribution in [0.15, 0.2) is 12.7 Å². The van der Waals surface area contributed by atoms with E-state index in [9.17, 15) is 9.59 Å². The summed E-state index contributed by atoms with van der Waals surface area (Å²) >= 11 is 0. The second-order valence-electron chi connectivity index (χ2n) is 4.59. The van der Waals surface area contributed by atoms with Gasteiger partial charge in [0.25, 0.3) is 0 Å². The van der Waals surface area contributed by atoms with Gasteiger partial charge in [0.2, 0.25) is 5.91 Å². The van der Waals surface area contributed by atoms with Crippen LogP contribution in [-0.2, 0) is 9.59 Å². The van der Waals surface area contributed by atoms with Crippen LogP contribution in [0.2, 0.25) is 0 Å². The van der Waals surface area contributed by atoms with Crippen molar-refractivity contribution >= 4 is 11.9 Å². The van der Waals surface area contributed by atoms with Gasteiger partial charge in [-0.25, -0.2) is 0 Å². The molecule has 1 unspecified atom stereocenters. The van der Waals surface area contributed by atoms with Crippen LogP contribution >= 0.6 is 0 Å². The Morgan fingerprint density at radius 2 is 2.22 bits per heavy atom. The second kappa shape index (κ2) is 7.87. The summed E-state index contributed by atoms with van der Waals surface area (Å²) in [6, 6.07) is 0.0906. The Hall–Kier alpha value is -1.36. The van der Waals surface area contributed by atoms with Crippen LogP contribution in [0.25, 0.3) is 0 Å². The lowest BCUT2D eigenvalue weighted by Gasteiger charge is -2.35. The van der Waals surface area contributed by atoms with Gasteiger partial charge in [0.15, 0.2) is 0 Å². The number of aliphatic carboxylic acids is 1. The van der Waals surface area contributed by atoms with Crippen LogP contribution in [0.5, 0.6) is 0 Å². The number of carbonyl (C=O) groups excluding carboxylic acids is 1. The van der Waals surface area contributed by atoms with E-state index in [-0.39, 0.29) is 18.4 Å². The van der Waals surface area contributed by atoms with Crippen LogP contribution in [0.1, 0.15) is 32.1 Å². The zero-order chi connectivity index (χ0) is 13.4. The maximum Gasteiger partial charge on any atom is 0.303 e. The Morgan fingerprint density at radius 3 is 2.89 bits per heavy atom. The molecule has 1 aliphatic rings. The van der Waals surface area contributed by atoms with E-state index in [0.29, 0.717) is 19.5 Å². The lowest BCUT2D eigenvalue weighted by Crippen LogP contribution is -2.47. The van der Waals surface area contributed by atoms with Gasteiger partial charge in [-0.3, -0.25) is 9.59 Å². The Labute approximate surface area is 108 Å². The van der Waals surface area contributed by atoms with E-state index in [2.05, 4.69) is 11.9 Å². The van der Waals surface area contributed by atoms with Gasteiger partial charge in [-0.15, -0.1) is 6.58 Å². The van der Waals surface area contributed by atoms with E-state index < -0.39 is 5.97 Å². The van der Waals surface area contributed by atoms with Gasteiger partial charge in [-0.1, -0.05) is 6.08 Å². The highest BCUT2D eigenvalue weighted by Crippen LogP contribution is 2.20. The number of hydrogen-bond acceptors (Lipinski definition) is 3. The predicted molar refractivity (Wildman–Crippen MR) is 69.3 cm³/mol. The van der Waals surface area contributed by atoms with Crippen molar-refractivity contribution in [2.75, 3.05) is 19.6 Å². The van der Waals surface area contributed by atoms with Crippen molar-refractivity contribution in [2.45, 2.75) is 38.1 Å². The number of hydrogen-bond donors (Lipinski definition) is 2. The summed E-state index contributed by atoms with van der Waals surface area (Å²) in [4.78, 5) is 24.4. The first kappa shape index (κ1) is 14.7. The normalized spacial score (nSPS) is 19.6. The first-order chi connectivity index (χ1) is 8.65. The smallest absolute Gasteiger partial charge is 0.303 e. The summed E-state index contributed by atoms with van der Waals surface area (Å²) in [5.74, 6) is -0.732. The zero-order valence-corrected chi connectivity index (χ0v) is 10.7. The highest BCUT2D eigenvalue weighted by Gasteiger charge is 2.26. The Kier molecular flexibility index (Phi) is 6.43. The molecule has 1 aliphatic heterocycles. The molecular formula is C13H22N2O3. The molecule has 0 bridgehead atoms. The first-order valence-electron chi connectivity index (χ1n) is 6.48. The van der Waals surface area contributed by atoms with Gasteiger partial charge in [-0.05, 0) is 25.7 Å². The molecule has 5 nitrogen and oxygen atoms in total. The van der Waals surface area contributed by atoms with E-state index in [4.69, 9.17) is 5.11 Å². The fourth-order valence-electron chi connectivity index (χ4n) is 2.30. The molecule has 0 aromatic heterocycles. The molecule has 5 heteroatoms. The third kappa shape index (κ3) is 4.87. The summed E-state index contributed by atoms with van der Waals surface area (Å²) < 4.78 is 0. The Balaban J connectivity index is 2.44. The van der Waals surface area contributed by atoms with Crippen molar-refractivity contribution in [3.05, 3.63) is 12.7 Å². The first-order valence-corrected chi connectivity index (χ1v) is 6.48. The van der Waals surface area contributed by atoms with E-state index in [1.807, 2.05) is 4.90 Å². The molecule has 1 heterocycles. The van der Waals surface area contributed by atoms with Crippen LogP contribution in [-0.4, -0.2) is 47.6 Å². The lowest BCUT2D eigenvalue weighted by atomic mass is 9.98. The fourth-order valence-corrected chi connectivity index (χ4v) is 2.30. The molecule has 0 aromatic carbocycles. The highest BCUT2D eigenvalue weighted by atomic mass is 16.4. The Bertz CT molecular complexity index is 305. The third-order valence-electron chi connectivity index (χ3n) is 3.20. The quantitative estimate of drug-likeness (QED) is 0.525. The number of carboxylic acids is 1. The largest absolute Gasteiger partial charge is 0.481 e. The number of nitrogens with zero attached hydrogens (tertiary/aromatic N) is 1. The molecule has 1 fully saturated rings. The van der Waals surface area contributed by atoms with Crippen molar-refractivity contribution in [1.82, 2.24) is 10.2 Å². The molecule has 2 N–H and O–H groups in total. The van der Waals surface area contributed by atoms with E-state index in [1.165, 1.54) is 0 Å². The molecule has 1 saturated heterocycles. The molecule has 1 atom stereocenters. The number of carbonyl (C=O) groups is 2. The molecule has 18 heavy (non-hydrogen) atoms. The van der Waals surface area contributed by atoms with Gasteiger partial charge in [0, 0.05) is 25.6 Å². The maximum atomic E-state index is 12.0. The predicted octanol–water partition coefficient (Wildman–Crippen LogP) is 1.01. The van der Waals surface area contributed by atoms with Gasteiger partial charge >= 0.3 is 5.97 Å². The zero-order valence-electron chi connectivity index (χ0n) is 10.7. The monoisotopic (exact) mass is 254 g/mol. The fraction of sp³-hybridized carbons (Fsp3) is 0.692. The molecule has 102 valence electrons. The Morgan fingerprint density at radius 1 is 1.44 bits per heavy atom. The van der Waals surface area contributed by atoms with Gasteiger partial charge in [0.05, 0.1) is 6.54 Å². The average Bonchev–Trinajstić information content (AvgIpc) is 2.37. The minimum atomic E-state index is -0.794. The topological polar surface area (TPSA) is 69.6 Å². The van der Waals surface area contributed by atoms with Gasteiger partial charge < -0.3 is 15.3 Å². The summed E-state index contributed by atoms with van der Waals surface area (Å²) in [5, 5.41) is 11.7. The minimum Gasteiger partial charge on any atom is -0.481 e. The summed E-state index contributed by atoms with van der Waals surface area (Å²) in [6.07, 6.45) is 5.41. The average molecular weight is 254 g/mol. The van der Waals surface area contributed by atoms with Crippen molar-refractivity contribution in [2.24, 2.45) is 0 Å². The SMILES string of the molecule is C=CCNCC(=O)N1CCCCC1CCC(=O)O. The third-order valence-corrected chi connectivity index (χ3v) is 3.20. The molecule has 1 amide bonds. The number of amides is 1. The van der Waals surface area contributed by atoms with Crippen LogP contribution in [0.3, 0.4) is 0 Å². The molecule has 0 aliphatic carbocycles. The van der Waals surface area contributed by atoms with Crippen molar-refractivity contribution in [3.8, 4) is 0 Å². The summed E-state index contributed by atoms with van der Waals surface area (Å²) in [6.45, 7) is 5.24. The highest BCUT2D eigenvalue weighted by molar-refractivity contribution is 5.78. The molecule has 0 aromatic rings. The summed E-state index contributed by atoms with van der Waals surface area (Å²) in [5.41, 5.74) is 0. The second-order valence-corrected chi connectivity index (χ2v) is 4.59. The number of nitrogens with one attached hydrogen (secondary N) is 1. The van der Waals surface area contributed by atoms with Crippen molar-refractivity contribution < 1.29 is 14.7 Å². The molecular weight excluding hydrogens is 232 g/mol. The summed E-state index contributed by atoms with van der Waals surface area (Å²) in [7, 11) is 0. The van der Waals surface area contributed by atoms with Crippen molar-refractivity contribution in [1.29, 1.82) is 0 Å². The van der Waals surface area contributed by atoms with E-state index >= 15 is 0 Å². The van der Waals surface area contributed by atoms with Gasteiger partial charge in [-0.2, -0.15) is 0 Å². The molecule has 0 saturated carbocycles. The molecule has 0 spiro atoms. The maximum absolute atomic E-state index is 12.0. The molecule has 0 radical (unpaired) electrons. The van der Waals surface area contributed by atoms with Crippen molar-refractivity contribution in [3.63, 3.8) is 0 Å². The number of carboxylic acid groups (broad SMARTS) is 1.